The number of hydrogen-bond donors (Lipinski definition) is 2. The van der Waals surface area contributed by atoms with E-state index < -0.39 is 0 Å². The normalized spacial score (nSPS) is 15.4. The van der Waals surface area contributed by atoms with Crippen LogP contribution in [0.25, 0.3) is 0 Å². The summed E-state index contributed by atoms with van der Waals surface area (Å²) >= 11 is 6.18. The second kappa shape index (κ2) is 7.18. The molecule has 4 nitrogen and oxygen atoms in total. The van der Waals surface area contributed by atoms with Crippen molar-refractivity contribution in [2.45, 2.75) is 52.0 Å². The van der Waals surface area contributed by atoms with Crippen molar-refractivity contribution < 1.29 is 0 Å². The number of nitrogens with zero attached hydrogens (tertiary/aromatic N) is 2. The molecule has 0 spiro atoms. The number of anilines is 3. The van der Waals surface area contributed by atoms with Gasteiger partial charge in [0, 0.05) is 28.5 Å². The Kier molecular flexibility index (Phi) is 5.01. The van der Waals surface area contributed by atoms with Crippen molar-refractivity contribution in [3.05, 3.63) is 40.5 Å². The van der Waals surface area contributed by atoms with Crippen LogP contribution in [0.1, 0.15) is 43.4 Å². The average Bonchev–Trinajstić information content (AvgIpc) is 2.52. The number of benzene rings is 1. The van der Waals surface area contributed by atoms with Gasteiger partial charge in [-0.15, -0.1) is 0 Å². The lowest BCUT2D eigenvalue weighted by molar-refractivity contribution is 0.462. The first kappa shape index (κ1) is 16.1. The molecule has 0 bridgehead atoms. The first-order valence-corrected chi connectivity index (χ1v) is 8.64. The summed E-state index contributed by atoms with van der Waals surface area (Å²) in [6.07, 6.45) is 6.39. The molecule has 2 N–H and O–H groups in total. The highest BCUT2D eigenvalue weighted by Gasteiger charge is 2.14. The van der Waals surface area contributed by atoms with Crippen LogP contribution < -0.4 is 10.6 Å². The molecule has 1 fully saturated rings. The second-order valence-corrected chi connectivity index (χ2v) is 6.64. The number of rotatable bonds is 4. The topological polar surface area (TPSA) is 49.8 Å². The van der Waals surface area contributed by atoms with Crippen molar-refractivity contribution in [3.63, 3.8) is 0 Å². The van der Waals surface area contributed by atoms with Crippen molar-refractivity contribution in [2.24, 2.45) is 0 Å². The van der Waals surface area contributed by atoms with Crippen LogP contribution in [0.3, 0.4) is 0 Å². The molecule has 2 aromatic rings. The smallest absolute Gasteiger partial charge is 0.229 e. The van der Waals surface area contributed by atoms with Crippen LogP contribution in [0.5, 0.6) is 0 Å². The summed E-state index contributed by atoms with van der Waals surface area (Å²) < 4.78 is 0. The molecule has 5 heteroatoms. The first-order valence-electron chi connectivity index (χ1n) is 8.26. The van der Waals surface area contributed by atoms with Crippen LogP contribution in [0.2, 0.25) is 5.02 Å². The molecular weight excluding hydrogens is 308 g/mol. The van der Waals surface area contributed by atoms with Gasteiger partial charge in [0.15, 0.2) is 0 Å². The summed E-state index contributed by atoms with van der Waals surface area (Å²) in [5.74, 6) is 1.50. The van der Waals surface area contributed by atoms with E-state index >= 15 is 0 Å². The van der Waals surface area contributed by atoms with Gasteiger partial charge in [-0.3, -0.25) is 0 Å². The largest absolute Gasteiger partial charge is 0.367 e. The Morgan fingerprint density at radius 3 is 2.65 bits per heavy atom. The Morgan fingerprint density at radius 2 is 1.87 bits per heavy atom. The minimum atomic E-state index is 0.527. The second-order valence-electron chi connectivity index (χ2n) is 6.23. The molecule has 23 heavy (non-hydrogen) atoms. The monoisotopic (exact) mass is 330 g/mol. The van der Waals surface area contributed by atoms with Gasteiger partial charge in [-0.05, 0) is 44.4 Å². The lowest BCUT2D eigenvalue weighted by Crippen LogP contribution is -2.23. The zero-order valence-corrected chi connectivity index (χ0v) is 14.5. The molecule has 0 saturated heterocycles. The fourth-order valence-corrected chi connectivity index (χ4v) is 3.19. The number of halogens is 1. The zero-order valence-electron chi connectivity index (χ0n) is 13.7. The predicted octanol–water partition coefficient (Wildman–Crippen LogP) is 5.24. The molecule has 1 heterocycles. The Hall–Kier alpha value is -1.81. The Bertz CT molecular complexity index is 681. The third-order valence-electron chi connectivity index (χ3n) is 4.33. The van der Waals surface area contributed by atoms with Gasteiger partial charge < -0.3 is 10.6 Å². The molecule has 0 amide bonds. The number of aryl methyl sites for hydroxylation is 1. The van der Waals surface area contributed by atoms with Gasteiger partial charge in [0.25, 0.3) is 0 Å². The Balaban J connectivity index is 1.78. The SMILES string of the molecule is Cc1cc(NC2CCCCC2)nc(Nc2cccc(Cl)c2C)n1. The zero-order chi connectivity index (χ0) is 16.2. The van der Waals surface area contributed by atoms with Crippen LogP contribution in [-0.4, -0.2) is 16.0 Å². The van der Waals surface area contributed by atoms with E-state index in [1.807, 2.05) is 38.1 Å². The Labute approximate surface area is 142 Å². The van der Waals surface area contributed by atoms with Crippen molar-refractivity contribution in [1.82, 2.24) is 9.97 Å². The molecule has 0 unspecified atom stereocenters. The third-order valence-corrected chi connectivity index (χ3v) is 4.74. The van der Waals surface area contributed by atoms with Crippen molar-refractivity contribution >= 4 is 29.1 Å². The molecule has 1 aliphatic carbocycles. The Morgan fingerprint density at radius 1 is 1.09 bits per heavy atom. The fraction of sp³-hybridized carbons (Fsp3) is 0.444. The van der Waals surface area contributed by atoms with Crippen LogP contribution in [0.15, 0.2) is 24.3 Å². The van der Waals surface area contributed by atoms with Crippen molar-refractivity contribution in [2.75, 3.05) is 10.6 Å². The molecule has 0 aliphatic heterocycles. The molecule has 1 aromatic heterocycles. The fourth-order valence-electron chi connectivity index (χ4n) is 3.02. The van der Waals surface area contributed by atoms with Crippen LogP contribution in [-0.2, 0) is 0 Å². The van der Waals surface area contributed by atoms with Crippen LogP contribution in [0.4, 0.5) is 17.5 Å². The maximum atomic E-state index is 6.18. The molecule has 1 aromatic carbocycles. The predicted molar refractivity (Wildman–Crippen MR) is 96.7 cm³/mol. The lowest BCUT2D eigenvalue weighted by atomic mass is 9.95. The van der Waals surface area contributed by atoms with Crippen molar-refractivity contribution in [3.8, 4) is 0 Å². The van der Waals surface area contributed by atoms with E-state index in [4.69, 9.17) is 11.6 Å². The van der Waals surface area contributed by atoms with E-state index in [2.05, 4.69) is 20.6 Å². The molecule has 0 radical (unpaired) electrons. The van der Waals surface area contributed by atoms with Gasteiger partial charge in [0.1, 0.15) is 5.82 Å². The van der Waals surface area contributed by atoms with Gasteiger partial charge in [0.05, 0.1) is 0 Å². The third kappa shape index (κ3) is 4.14. The van der Waals surface area contributed by atoms with E-state index in [0.29, 0.717) is 12.0 Å². The maximum Gasteiger partial charge on any atom is 0.229 e. The molecular formula is C18H23ClN4. The van der Waals surface area contributed by atoms with Gasteiger partial charge in [-0.2, -0.15) is 4.98 Å². The van der Waals surface area contributed by atoms with Crippen molar-refractivity contribution in [1.29, 1.82) is 0 Å². The van der Waals surface area contributed by atoms with Crippen LogP contribution >= 0.6 is 11.6 Å². The van der Waals surface area contributed by atoms with Gasteiger partial charge in [-0.25, -0.2) is 4.98 Å². The number of hydrogen-bond acceptors (Lipinski definition) is 4. The summed E-state index contributed by atoms with van der Waals surface area (Å²) in [5, 5.41) is 7.58. The van der Waals surface area contributed by atoms with Crippen LogP contribution in [0, 0.1) is 13.8 Å². The van der Waals surface area contributed by atoms with E-state index in [1.165, 1.54) is 32.1 Å². The number of aromatic nitrogens is 2. The summed E-state index contributed by atoms with van der Waals surface area (Å²) in [4.78, 5) is 9.11. The van der Waals surface area contributed by atoms with Gasteiger partial charge in [-0.1, -0.05) is 36.9 Å². The summed E-state index contributed by atoms with van der Waals surface area (Å²) in [5.41, 5.74) is 2.88. The first-order chi connectivity index (χ1) is 11.1. The summed E-state index contributed by atoms with van der Waals surface area (Å²) in [6, 6.07) is 8.33. The summed E-state index contributed by atoms with van der Waals surface area (Å²) in [6.45, 7) is 3.98. The van der Waals surface area contributed by atoms with E-state index in [0.717, 1.165) is 27.8 Å². The molecule has 0 atom stereocenters. The van der Waals surface area contributed by atoms with E-state index in [9.17, 15) is 0 Å². The average molecular weight is 331 g/mol. The highest BCUT2D eigenvalue weighted by molar-refractivity contribution is 6.31. The minimum Gasteiger partial charge on any atom is -0.367 e. The minimum absolute atomic E-state index is 0.527. The molecule has 3 rings (SSSR count). The highest BCUT2D eigenvalue weighted by Crippen LogP contribution is 2.26. The molecule has 1 saturated carbocycles. The van der Waals surface area contributed by atoms with Gasteiger partial charge in [0.2, 0.25) is 5.95 Å². The molecule has 1 aliphatic rings. The lowest BCUT2D eigenvalue weighted by Gasteiger charge is -2.23. The maximum absolute atomic E-state index is 6.18. The summed E-state index contributed by atoms with van der Waals surface area (Å²) in [7, 11) is 0. The van der Waals surface area contributed by atoms with E-state index in [-0.39, 0.29) is 0 Å². The molecule has 122 valence electrons. The van der Waals surface area contributed by atoms with E-state index in [1.54, 1.807) is 0 Å². The standard InChI is InChI=1S/C18H23ClN4/c1-12-11-17(21-14-7-4-3-5-8-14)23-18(20-12)22-16-10-6-9-15(19)13(16)2/h6,9-11,14H,3-5,7-8H2,1-2H3,(H2,20,21,22,23). The quantitative estimate of drug-likeness (QED) is 0.805. The highest BCUT2D eigenvalue weighted by atomic mass is 35.5. The van der Waals surface area contributed by atoms with Gasteiger partial charge >= 0.3 is 0 Å². The number of nitrogens with one attached hydrogen (secondary N) is 2.